The summed E-state index contributed by atoms with van der Waals surface area (Å²) in [4.78, 5) is 12.5. The lowest BCUT2D eigenvalue weighted by molar-refractivity contribution is 0.576. The molecule has 0 aliphatic carbocycles. The number of hydrogen-bond acceptors (Lipinski definition) is 7. The van der Waals surface area contributed by atoms with Crippen molar-refractivity contribution in [1.29, 1.82) is 0 Å². The van der Waals surface area contributed by atoms with Crippen molar-refractivity contribution in [2.75, 3.05) is 36.0 Å². The van der Waals surface area contributed by atoms with Gasteiger partial charge in [0.1, 0.15) is 11.0 Å². The van der Waals surface area contributed by atoms with E-state index >= 15 is 0 Å². The smallest absolute Gasteiger partial charge is 0.283 e. The molecule has 1 aliphatic rings. The van der Waals surface area contributed by atoms with Crippen LogP contribution in [0.2, 0.25) is 5.02 Å². The number of pyridine rings is 2. The van der Waals surface area contributed by atoms with Crippen LogP contribution < -0.4 is 9.80 Å². The lowest BCUT2D eigenvalue weighted by atomic mass is 9.87. The molecule has 5 rings (SSSR count). The highest BCUT2D eigenvalue weighted by atomic mass is 35.5. The summed E-state index contributed by atoms with van der Waals surface area (Å²) in [6.45, 7) is 8.17. The van der Waals surface area contributed by atoms with Crippen LogP contribution in [0, 0.1) is 5.82 Å². The number of rotatable bonds is 4. The Kier molecular flexibility index (Phi) is 6.12. The summed E-state index contributed by atoms with van der Waals surface area (Å²) < 4.78 is 42.6. The quantitative estimate of drug-likeness (QED) is 0.386. The minimum atomic E-state index is -3.95. The van der Waals surface area contributed by atoms with Crippen LogP contribution in [-0.2, 0) is 15.4 Å². The molecule has 8 nitrogen and oxygen atoms in total. The van der Waals surface area contributed by atoms with Gasteiger partial charge in [0.15, 0.2) is 17.5 Å². The van der Waals surface area contributed by atoms with E-state index in [0.717, 1.165) is 9.65 Å². The largest absolute Gasteiger partial charge is 0.351 e. The molecule has 36 heavy (non-hydrogen) atoms. The van der Waals surface area contributed by atoms with E-state index in [1.807, 2.05) is 21.9 Å². The Morgan fingerprint density at radius 3 is 2.19 bits per heavy atom. The Bertz CT molecular complexity index is 1520. The monoisotopic (exact) mass is 528 g/mol. The van der Waals surface area contributed by atoms with Crippen molar-refractivity contribution in [3.63, 3.8) is 0 Å². The normalized spacial score (nSPS) is 15.0. The maximum atomic E-state index is 14.4. The van der Waals surface area contributed by atoms with Crippen molar-refractivity contribution in [3.8, 4) is 0 Å². The van der Waals surface area contributed by atoms with E-state index in [1.165, 1.54) is 12.3 Å². The van der Waals surface area contributed by atoms with E-state index in [2.05, 4.69) is 35.8 Å². The predicted octanol–water partition coefficient (Wildman–Crippen LogP) is 4.48. The average molecular weight is 529 g/mol. The summed E-state index contributed by atoms with van der Waals surface area (Å²) in [5.41, 5.74) is 1.85. The van der Waals surface area contributed by atoms with Crippen molar-refractivity contribution >= 4 is 44.3 Å². The maximum Gasteiger partial charge on any atom is 0.283 e. The van der Waals surface area contributed by atoms with Crippen LogP contribution in [0.3, 0.4) is 0 Å². The summed E-state index contributed by atoms with van der Waals surface area (Å²) >= 11 is 5.83. The van der Waals surface area contributed by atoms with E-state index in [4.69, 9.17) is 11.6 Å². The Morgan fingerprint density at radius 1 is 0.944 bits per heavy atom. The van der Waals surface area contributed by atoms with E-state index in [-0.39, 0.29) is 21.2 Å². The standard InChI is InChI=1S/C25H26ClFN6O2S/c1-25(2,3)17-6-8-19(9-7-17)36(34,35)33-21-5-4-10-28-22(21)24(30-33)32-13-11-31(12-14-32)23-20(27)15-18(26)16-29-23/h4-10,15-16H,11-14H2,1-3H3. The molecule has 1 fully saturated rings. The summed E-state index contributed by atoms with van der Waals surface area (Å²) in [7, 11) is -3.95. The summed E-state index contributed by atoms with van der Waals surface area (Å²) in [5, 5.41) is 4.77. The molecule has 1 aliphatic heterocycles. The molecular weight excluding hydrogens is 503 g/mol. The van der Waals surface area contributed by atoms with Crippen LogP contribution in [0.1, 0.15) is 26.3 Å². The molecule has 0 radical (unpaired) electrons. The molecule has 1 aromatic carbocycles. The van der Waals surface area contributed by atoms with Crippen LogP contribution in [0.5, 0.6) is 0 Å². The van der Waals surface area contributed by atoms with Gasteiger partial charge in [0.2, 0.25) is 0 Å². The lowest BCUT2D eigenvalue weighted by Crippen LogP contribution is -2.47. The number of fused-ring (bicyclic) bond motifs is 1. The Morgan fingerprint density at radius 2 is 1.58 bits per heavy atom. The first-order chi connectivity index (χ1) is 17.1. The fourth-order valence-corrected chi connectivity index (χ4v) is 5.72. The van der Waals surface area contributed by atoms with Gasteiger partial charge in [-0.05, 0) is 41.3 Å². The number of anilines is 2. The minimum Gasteiger partial charge on any atom is -0.351 e. The molecular formula is C25H26ClFN6O2S. The van der Waals surface area contributed by atoms with Gasteiger partial charge in [0.05, 0.1) is 9.92 Å². The molecule has 0 spiro atoms. The second kappa shape index (κ2) is 9.01. The van der Waals surface area contributed by atoms with Crippen molar-refractivity contribution in [3.05, 3.63) is 71.3 Å². The van der Waals surface area contributed by atoms with Crippen LogP contribution >= 0.6 is 11.6 Å². The minimum absolute atomic E-state index is 0.0929. The molecule has 0 saturated carbocycles. The molecule has 3 aromatic heterocycles. The molecule has 0 bridgehead atoms. The summed E-state index contributed by atoms with van der Waals surface area (Å²) in [6.07, 6.45) is 3.04. The Labute approximate surface area is 214 Å². The number of hydrogen-bond donors (Lipinski definition) is 0. The highest BCUT2D eigenvalue weighted by molar-refractivity contribution is 7.90. The molecule has 0 N–H and O–H groups in total. The third-order valence-corrected chi connectivity index (χ3v) is 8.11. The van der Waals surface area contributed by atoms with Crippen LogP contribution in [0.25, 0.3) is 11.0 Å². The van der Waals surface area contributed by atoms with Gasteiger partial charge in [-0.3, -0.25) is 4.98 Å². The predicted molar refractivity (Wildman–Crippen MR) is 139 cm³/mol. The van der Waals surface area contributed by atoms with Gasteiger partial charge in [-0.2, -0.15) is 8.42 Å². The molecule has 4 aromatic rings. The van der Waals surface area contributed by atoms with Crippen molar-refractivity contribution in [1.82, 2.24) is 19.2 Å². The number of halogens is 2. The molecule has 0 unspecified atom stereocenters. The topological polar surface area (TPSA) is 84.2 Å². The molecule has 0 amide bonds. The third-order valence-electron chi connectivity index (χ3n) is 6.30. The van der Waals surface area contributed by atoms with E-state index in [0.29, 0.717) is 43.0 Å². The van der Waals surface area contributed by atoms with Crippen molar-refractivity contribution < 1.29 is 12.8 Å². The van der Waals surface area contributed by atoms with Gasteiger partial charge in [0.25, 0.3) is 10.0 Å². The first-order valence-corrected chi connectivity index (χ1v) is 13.4. The second-order valence-corrected chi connectivity index (χ2v) is 12.0. The zero-order chi connectivity index (χ0) is 25.7. The first-order valence-electron chi connectivity index (χ1n) is 11.6. The fourth-order valence-electron chi connectivity index (χ4n) is 4.30. The highest BCUT2D eigenvalue weighted by Crippen LogP contribution is 2.30. The van der Waals surface area contributed by atoms with Crippen molar-refractivity contribution in [2.45, 2.75) is 31.1 Å². The molecule has 4 heterocycles. The second-order valence-electron chi connectivity index (χ2n) is 9.75. The Balaban J connectivity index is 1.46. The number of piperazine rings is 1. The Hall–Kier alpha value is -3.24. The summed E-state index contributed by atoms with van der Waals surface area (Å²) in [5.74, 6) is 0.245. The van der Waals surface area contributed by atoms with Gasteiger partial charge in [-0.25, -0.2) is 9.37 Å². The highest BCUT2D eigenvalue weighted by Gasteiger charge is 2.29. The molecule has 0 atom stereocenters. The number of aromatic nitrogens is 4. The summed E-state index contributed by atoms with van der Waals surface area (Å²) in [6, 6.07) is 11.5. The van der Waals surface area contributed by atoms with E-state index < -0.39 is 15.8 Å². The zero-order valence-electron chi connectivity index (χ0n) is 20.2. The van der Waals surface area contributed by atoms with Gasteiger partial charge in [-0.15, -0.1) is 9.19 Å². The van der Waals surface area contributed by atoms with E-state index in [9.17, 15) is 12.8 Å². The zero-order valence-corrected chi connectivity index (χ0v) is 21.8. The molecule has 1 saturated heterocycles. The van der Waals surface area contributed by atoms with Gasteiger partial charge >= 0.3 is 0 Å². The van der Waals surface area contributed by atoms with Gasteiger partial charge < -0.3 is 9.80 Å². The lowest BCUT2D eigenvalue weighted by Gasteiger charge is -2.35. The first kappa shape index (κ1) is 24.5. The van der Waals surface area contributed by atoms with E-state index in [1.54, 1.807) is 30.5 Å². The maximum absolute atomic E-state index is 14.4. The van der Waals surface area contributed by atoms with Gasteiger partial charge in [0, 0.05) is 38.6 Å². The molecule has 11 heteroatoms. The van der Waals surface area contributed by atoms with Gasteiger partial charge in [-0.1, -0.05) is 44.5 Å². The van der Waals surface area contributed by atoms with Crippen LogP contribution in [0.4, 0.5) is 16.0 Å². The SMILES string of the molecule is CC(C)(C)c1ccc(S(=O)(=O)n2nc(N3CCN(c4ncc(Cl)cc4F)CC3)c3ncccc32)cc1. The molecule has 188 valence electrons. The van der Waals surface area contributed by atoms with Crippen LogP contribution in [0.15, 0.2) is 59.8 Å². The van der Waals surface area contributed by atoms with Crippen LogP contribution in [-0.4, -0.2) is 53.8 Å². The number of benzene rings is 1. The third kappa shape index (κ3) is 4.39. The fraction of sp³-hybridized carbons (Fsp3) is 0.320. The van der Waals surface area contributed by atoms with Crippen molar-refractivity contribution in [2.24, 2.45) is 0 Å². The average Bonchev–Trinajstić information content (AvgIpc) is 3.24. The number of nitrogens with zero attached hydrogens (tertiary/aromatic N) is 6.